The lowest BCUT2D eigenvalue weighted by atomic mass is 10.3. The van der Waals surface area contributed by atoms with Gasteiger partial charge in [-0.1, -0.05) is 17.0 Å². The van der Waals surface area contributed by atoms with E-state index in [9.17, 15) is 0 Å². The minimum Gasteiger partial charge on any atom is -0.471 e. The first-order valence-corrected chi connectivity index (χ1v) is 3.45. The Balaban J connectivity index is 2.35. The van der Waals surface area contributed by atoms with Crippen LogP contribution in [-0.4, -0.2) is 6.54 Å². The van der Waals surface area contributed by atoms with E-state index in [0.717, 1.165) is 5.56 Å². The summed E-state index contributed by atoms with van der Waals surface area (Å²) in [6.07, 6.45) is 3.72. The van der Waals surface area contributed by atoms with Crippen LogP contribution in [0.3, 0.4) is 0 Å². The SMILES string of the molecule is [N-]=[N+]=NCCC#Cc1ccoc1. The summed E-state index contributed by atoms with van der Waals surface area (Å²) >= 11 is 0. The number of hydrogen-bond acceptors (Lipinski definition) is 2. The van der Waals surface area contributed by atoms with Crippen molar-refractivity contribution in [2.24, 2.45) is 5.11 Å². The van der Waals surface area contributed by atoms with Crippen LogP contribution in [0, 0.1) is 11.8 Å². The quantitative estimate of drug-likeness (QED) is 0.216. The summed E-state index contributed by atoms with van der Waals surface area (Å²) in [5.74, 6) is 5.70. The number of rotatable bonds is 2. The van der Waals surface area contributed by atoms with Crippen molar-refractivity contribution in [3.63, 3.8) is 0 Å². The first-order valence-electron chi connectivity index (χ1n) is 3.45. The lowest BCUT2D eigenvalue weighted by Gasteiger charge is -1.77. The minimum absolute atomic E-state index is 0.418. The minimum atomic E-state index is 0.418. The Morgan fingerprint density at radius 3 is 3.25 bits per heavy atom. The summed E-state index contributed by atoms with van der Waals surface area (Å²) in [6.45, 7) is 0.418. The molecule has 12 heavy (non-hydrogen) atoms. The van der Waals surface area contributed by atoms with Gasteiger partial charge in [0.05, 0.1) is 11.8 Å². The molecule has 0 aliphatic rings. The zero-order valence-electron chi connectivity index (χ0n) is 6.40. The van der Waals surface area contributed by atoms with Crippen LogP contribution in [0.2, 0.25) is 0 Å². The predicted octanol–water partition coefficient (Wildman–Crippen LogP) is 2.33. The molecule has 0 radical (unpaired) electrons. The molecule has 0 N–H and O–H groups in total. The number of hydrogen-bond donors (Lipinski definition) is 0. The molecule has 60 valence electrons. The topological polar surface area (TPSA) is 61.9 Å². The molecule has 0 aliphatic heterocycles. The Bertz CT molecular complexity index is 325. The van der Waals surface area contributed by atoms with Gasteiger partial charge in [-0.15, -0.1) is 0 Å². The van der Waals surface area contributed by atoms with E-state index in [1.165, 1.54) is 0 Å². The lowest BCUT2D eigenvalue weighted by Crippen LogP contribution is -1.73. The second kappa shape index (κ2) is 4.89. The molecule has 0 unspecified atom stereocenters. The van der Waals surface area contributed by atoms with Crippen molar-refractivity contribution in [2.75, 3.05) is 6.54 Å². The highest BCUT2D eigenvalue weighted by molar-refractivity contribution is 5.29. The molecule has 1 aromatic heterocycles. The van der Waals surface area contributed by atoms with E-state index >= 15 is 0 Å². The normalized spacial score (nSPS) is 8.00. The molecule has 0 aliphatic carbocycles. The molecule has 4 heteroatoms. The van der Waals surface area contributed by atoms with Crippen LogP contribution in [0.25, 0.3) is 10.4 Å². The zero-order chi connectivity index (χ0) is 8.65. The van der Waals surface area contributed by atoms with Crippen LogP contribution < -0.4 is 0 Å². The third-order valence-electron chi connectivity index (χ3n) is 1.15. The van der Waals surface area contributed by atoms with Crippen LogP contribution in [0.15, 0.2) is 28.1 Å². The van der Waals surface area contributed by atoms with Crippen molar-refractivity contribution >= 4 is 0 Å². The van der Waals surface area contributed by atoms with Gasteiger partial charge in [-0.25, -0.2) is 0 Å². The maximum atomic E-state index is 7.94. The summed E-state index contributed by atoms with van der Waals surface area (Å²) in [5, 5.41) is 3.35. The van der Waals surface area contributed by atoms with Crippen LogP contribution in [-0.2, 0) is 0 Å². The summed E-state index contributed by atoms with van der Waals surface area (Å²) in [5.41, 5.74) is 8.79. The summed E-state index contributed by atoms with van der Waals surface area (Å²) in [4.78, 5) is 2.61. The Labute approximate surface area is 69.8 Å². The summed E-state index contributed by atoms with van der Waals surface area (Å²) in [7, 11) is 0. The first kappa shape index (κ1) is 8.25. The van der Waals surface area contributed by atoms with E-state index in [1.54, 1.807) is 18.6 Å². The van der Waals surface area contributed by atoms with Crippen LogP contribution in [0.1, 0.15) is 12.0 Å². The van der Waals surface area contributed by atoms with Crippen LogP contribution >= 0.6 is 0 Å². The van der Waals surface area contributed by atoms with Gasteiger partial charge < -0.3 is 4.42 Å². The van der Waals surface area contributed by atoms with Crippen LogP contribution in [0.4, 0.5) is 0 Å². The molecule has 4 nitrogen and oxygen atoms in total. The largest absolute Gasteiger partial charge is 0.471 e. The molecular formula is C8H7N3O. The molecule has 0 fully saturated rings. The van der Waals surface area contributed by atoms with Gasteiger partial charge >= 0.3 is 0 Å². The van der Waals surface area contributed by atoms with E-state index in [1.807, 2.05) is 0 Å². The number of azide groups is 1. The fourth-order valence-electron chi connectivity index (χ4n) is 0.651. The molecule has 0 amide bonds. The maximum Gasteiger partial charge on any atom is 0.106 e. The number of nitrogens with zero attached hydrogens (tertiary/aromatic N) is 3. The van der Waals surface area contributed by atoms with E-state index < -0.39 is 0 Å². The highest BCUT2D eigenvalue weighted by Crippen LogP contribution is 1.96. The van der Waals surface area contributed by atoms with Gasteiger partial charge in [-0.2, -0.15) is 0 Å². The van der Waals surface area contributed by atoms with E-state index in [-0.39, 0.29) is 0 Å². The van der Waals surface area contributed by atoms with Crippen LogP contribution in [0.5, 0.6) is 0 Å². The second-order valence-corrected chi connectivity index (χ2v) is 2.02. The van der Waals surface area contributed by atoms with Gasteiger partial charge in [0.15, 0.2) is 0 Å². The molecular weight excluding hydrogens is 154 g/mol. The van der Waals surface area contributed by atoms with Crippen molar-refractivity contribution in [1.82, 2.24) is 0 Å². The van der Waals surface area contributed by atoms with E-state index in [2.05, 4.69) is 21.9 Å². The predicted molar refractivity (Wildman–Crippen MR) is 44.2 cm³/mol. The zero-order valence-corrected chi connectivity index (χ0v) is 6.40. The molecule has 0 bridgehead atoms. The summed E-state index contributed by atoms with van der Waals surface area (Å²) in [6, 6.07) is 1.78. The molecule has 1 aromatic rings. The Morgan fingerprint density at radius 2 is 2.58 bits per heavy atom. The Morgan fingerprint density at radius 1 is 1.67 bits per heavy atom. The highest BCUT2D eigenvalue weighted by atomic mass is 16.3. The molecule has 1 heterocycles. The second-order valence-electron chi connectivity index (χ2n) is 2.02. The standard InChI is InChI=1S/C8H7N3O/c9-11-10-5-2-1-3-8-4-6-12-7-8/h4,6-7H,2,5H2. The molecule has 0 saturated heterocycles. The fourth-order valence-corrected chi connectivity index (χ4v) is 0.651. The van der Waals surface area contributed by atoms with Gasteiger partial charge in [0.25, 0.3) is 0 Å². The number of furan rings is 1. The molecule has 0 saturated carbocycles. The maximum absolute atomic E-state index is 7.94. The molecule has 1 rings (SSSR count). The average molecular weight is 161 g/mol. The van der Waals surface area contributed by atoms with Crippen molar-refractivity contribution in [1.29, 1.82) is 0 Å². The third-order valence-corrected chi connectivity index (χ3v) is 1.15. The molecule has 0 aromatic carbocycles. The van der Waals surface area contributed by atoms with Crippen molar-refractivity contribution in [3.8, 4) is 11.8 Å². The van der Waals surface area contributed by atoms with Crippen molar-refractivity contribution in [2.45, 2.75) is 6.42 Å². The first-order chi connectivity index (χ1) is 5.93. The summed E-state index contributed by atoms with van der Waals surface area (Å²) < 4.78 is 4.81. The highest BCUT2D eigenvalue weighted by Gasteiger charge is 1.83. The van der Waals surface area contributed by atoms with Gasteiger partial charge in [0.1, 0.15) is 6.26 Å². The molecule has 0 spiro atoms. The van der Waals surface area contributed by atoms with Gasteiger partial charge in [0, 0.05) is 17.9 Å². The Hall–Kier alpha value is -1.85. The van der Waals surface area contributed by atoms with Gasteiger partial charge in [-0.3, -0.25) is 0 Å². The smallest absolute Gasteiger partial charge is 0.106 e. The van der Waals surface area contributed by atoms with Crippen molar-refractivity contribution in [3.05, 3.63) is 34.6 Å². The van der Waals surface area contributed by atoms with E-state index in [0.29, 0.717) is 13.0 Å². The van der Waals surface area contributed by atoms with Gasteiger partial charge in [-0.05, 0) is 11.6 Å². The average Bonchev–Trinajstić information content (AvgIpc) is 2.57. The fraction of sp³-hybridized carbons (Fsp3) is 0.250. The third kappa shape index (κ3) is 2.82. The van der Waals surface area contributed by atoms with E-state index in [4.69, 9.17) is 9.95 Å². The lowest BCUT2D eigenvalue weighted by molar-refractivity contribution is 0.566. The molecule has 0 atom stereocenters. The monoisotopic (exact) mass is 161 g/mol. The van der Waals surface area contributed by atoms with Crippen molar-refractivity contribution < 1.29 is 4.42 Å². The van der Waals surface area contributed by atoms with Gasteiger partial charge in [0.2, 0.25) is 0 Å². The Kier molecular flexibility index (Phi) is 3.36.